The van der Waals surface area contributed by atoms with Gasteiger partial charge in [-0.05, 0) is 37.5 Å². The third-order valence-corrected chi connectivity index (χ3v) is 4.87. The average Bonchev–Trinajstić information content (AvgIpc) is 2.99. The van der Waals surface area contributed by atoms with Gasteiger partial charge in [-0.15, -0.1) is 0 Å². The number of aliphatic hydroxyl groups is 1. The Labute approximate surface area is 174 Å². The number of carboxylic acids is 1. The first-order valence-electron chi connectivity index (χ1n) is 9.70. The van der Waals surface area contributed by atoms with E-state index in [2.05, 4.69) is 0 Å². The molecule has 1 heterocycles. The maximum Gasteiger partial charge on any atom is 0.295 e. The van der Waals surface area contributed by atoms with Crippen molar-refractivity contribution in [1.82, 2.24) is 4.90 Å². The number of likely N-dealkylation sites (tertiary alicyclic amines) is 1. The molecule has 1 fully saturated rings. The molecule has 7 nitrogen and oxygen atoms in total. The molecule has 156 valence electrons. The zero-order valence-electron chi connectivity index (χ0n) is 16.5. The number of Topliss-reactive ketones (excluding diaryl/α,β-unsaturated/α-hetero) is 1. The number of benzene rings is 2. The van der Waals surface area contributed by atoms with Crippen molar-refractivity contribution in [3.05, 3.63) is 71.3 Å². The minimum absolute atomic E-state index is 0.0243. The van der Waals surface area contributed by atoms with Crippen molar-refractivity contribution in [1.29, 1.82) is 0 Å². The van der Waals surface area contributed by atoms with Crippen LogP contribution in [0.1, 0.15) is 36.9 Å². The molecule has 1 N–H and O–H groups in total. The van der Waals surface area contributed by atoms with Crippen LogP contribution < -0.4 is 9.84 Å². The fourth-order valence-corrected chi connectivity index (χ4v) is 3.52. The predicted molar refractivity (Wildman–Crippen MR) is 107 cm³/mol. The highest BCUT2D eigenvalue weighted by Gasteiger charge is 2.45. The molecular weight excluding hydrogens is 386 g/mol. The standard InChI is InChI=1S/C23H23NO6/c1-2-30-17-12-10-15(11-13-17)20-19(21(27)16-7-4-3-5-8-16)22(28)23(29)24(20)14-6-9-18(25)26/h3-5,7-8,10-13,20,27H,2,6,9,14H2,1H3,(H,25,26)/p-1/t20-/m1/s1. The molecule has 0 aliphatic carbocycles. The van der Waals surface area contributed by atoms with E-state index in [4.69, 9.17) is 4.74 Å². The minimum Gasteiger partial charge on any atom is -0.550 e. The van der Waals surface area contributed by atoms with Crippen LogP contribution in [0.3, 0.4) is 0 Å². The highest BCUT2D eigenvalue weighted by Crippen LogP contribution is 2.39. The second-order valence-electron chi connectivity index (χ2n) is 6.84. The lowest BCUT2D eigenvalue weighted by Gasteiger charge is -2.25. The smallest absolute Gasteiger partial charge is 0.295 e. The van der Waals surface area contributed by atoms with Gasteiger partial charge in [-0.3, -0.25) is 9.59 Å². The van der Waals surface area contributed by atoms with Crippen molar-refractivity contribution in [2.24, 2.45) is 0 Å². The third kappa shape index (κ3) is 4.35. The number of carbonyl (C=O) groups is 3. The summed E-state index contributed by atoms with van der Waals surface area (Å²) in [6, 6.07) is 14.6. The van der Waals surface area contributed by atoms with Gasteiger partial charge in [0.25, 0.3) is 11.7 Å². The molecule has 0 saturated carbocycles. The number of hydrogen-bond donors (Lipinski definition) is 1. The number of aliphatic carboxylic acids is 1. The normalized spacial score (nSPS) is 17.9. The van der Waals surface area contributed by atoms with Crippen LogP contribution in [0.15, 0.2) is 60.2 Å². The predicted octanol–water partition coefficient (Wildman–Crippen LogP) is 2.04. The van der Waals surface area contributed by atoms with Crippen molar-refractivity contribution >= 4 is 23.4 Å². The van der Waals surface area contributed by atoms with Crippen LogP contribution in [-0.4, -0.2) is 40.8 Å². The van der Waals surface area contributed by atoms with Crippen LogP contribution in [0.2, 0.25) is 0 Å². The quantitative estimate of drug-likeness (QED) is 0.407. The molecule has 1 amide bonds. The third-order valence-electron chi connectivity index (χ3n) is 4.87. The summed E-state index contributed by atoms with van der Waals surface area (Å²) in [5, 5.41) is 21.6. The largest absolute Gasteiger partial charge is 0.550 e. The number of aliphatic hydroxyl groups excluding tert-OH is 1. The Morgan fingerprint density at radius 2 is 1.77 bits per heavy atom. The Bertz CT molecular complexity index is 965. The molecule has 30 heavy (non-hydrogen) atoms. The van der Waals surface area contributed by atoms with Crippen LogP contribution >= 0.6 is 0 Å². The van der Waals surface area contributed by atoms with Gasteiger partial charge in [0.2, 0.25) is 0 Å². The molecule has 0 spiro atoms. The average molecular weight is 408 g/mol. The van der Waals surface area contributed by atoms with Crippen LogP contribution in [-0.2, 0) is 14.4 Å². The van der Waals surface area contributed by atoms with Crippen LogP contribution in [0.5, 0.6) is 5.75 Å². The van der Waals surface area contributed by atoms with Gasteiger partial charge in [0.05, 0.1) is 18.2 Å². The van der Waals surface area contributed by atoms with E-state index in [1.807, 2.05) is 6.92 Å². The maximum atomic E-state index is 12.8. The number of nitrogens with zero attached hydrogens (tertiary/aromatic N) is 1. The molecule has 1 aliphatic rings. The molecule has 1 atom stereocenters. The molecule has 7 heteroatoms. The van der Waals surface area contributed by atoms with E-state index in [1.165, 1.54) is 4.90 Å². The lowest BCUT2D eigenvalue weighted by atomic mass is 9.95. The second kappa shape index (κ2) is 9.26. The molecule has 0 aromatic heterocycles. The van der Waals surface area contributed by atoms with Crippen molar-refractivity contribution in [2.45, 2.75) is 25.8 Å². The molecule has 0 unspecified atom stereocenters. The highest BCUT2D eigenvalue weighted by molar-refractivity contribution is 6.46. The Morgan fingerprint density at radius 1 is 1.10 bits per heavy atom. The Balaban J connectivity index is 2.06. The van der Waals surface area contributed by atoms with Gasteiger partial charge < -0.3 is 24.6 Å². The van der Waals surface area contributed by atoms with Gasteiger partial charge in [0.1, 0.15) is 11.5 Å². The molecule has 1 saturated heterocycles. The number of amides is 1. The monoisotopic (exact) mass is 408 g/mol. The van der Waals surface area contributed by atoms with Crippen LogP contribution in [0, 0.1) is 0 Å². The number of rotatable bonds is 8. The molecule has 2 aromatic carbocycles. The summed E-state index contributed by atoms with van der Waals surface area (Å²) < 4.78 is 5.45. The second-order valence-corrected chi connectivity index (χ2v) is 6.84. The summed E-state index contributed by atoms with van der Waals surface area (Å²) in [6.07, 6.45) is -0.105. The van der Waals surface area contributed by atoms with Crippen molar-refractivity contribution in [3.63, 3.8) is 0 Å². The van der Waals surface area contributed by atoms with Crippen LogP contribution in [0.4, 0.5) is 0 Å². The van der Waals surface area contributed by atoms with Gasteiger partial charge >= 0.3 is 0 Å². The zero-order valence-corrected chi connectivity index (χ0v) is 16.5. The topological polar surface area (TPSA) is 107 Å². The molecule has 0 bridgehead atoms. The van der Waals surface area contributed by atoms with E-state index in [1.54, 1.807) is 54.6 Å². The summed E-state index contributed by atoms with van der Waals surface area (Å²) in [6.45, 7) is 2.40. The zero-order chi connectivity index (χ0) is 21.7. The molecule has 0 radical (unpaired) electrons. The Hall–Kier alpha value is -3.61. The van der Waals surface area contributed by atoms with Crippen molar-refractivity contribution in [3.8, 4) is 5.75 Å². The van der Waals surface area contributed by atoms with Gasteiger partial charge in [-0.2, -0.15) is 0 Å². The van der Waals surface area contributed by atoms with Crippen molar-refractivity contribution < 1.29 is 29.3 Å². The number of hydrogen-bond acceptors (Lipinski definition) is 6. The first-order chi connectivity index (χ1) is 14.4. The van der Waals surface area contributed by atoms with Gasteiger partial charge in [-0.1, -0.05) is 42.5 Å². The summed E-state index contributed by atoms with van der Waals surface area (Å²) in [4.78, 5) is 37.6. The van der Waals surface area contributed by atoms with E-state index in [9.17, 15) is 24.6 Å². The molecule has 1 aliphatic heterocycles. The molecule has 3 rings (SSSR count). The lowest BCUT2D eigenvalue weighted by molar-refractivity contribution is -0.305. The van der Waals surface area contributed by atoms with Gasteiger partial charge in [0, 0.05) is 18.1 Å². The summed E-state index contributed by atoms with van der Waals surface area (Å²) in [5.74, 6) is -2.43. The van der Waals surface area contributed by atoms with E-state index < -0.39 is 23.7 Å². The minimum atomic E-state index is -1.23. The number of carbonyl (C=O) groups excluding carboxylic acids is 3. The van der Waals surface area contributed by atoms with E-state index in [-0.39, 0.29) is 30.7 Å². The van der Waals surface area contributed by atoms with Crippen LogP contribution in [0.25, 0.3) is 5.76 Å². The summed E-state index contributed by atoms with van der Waals surface area (Å²) in [5.41, 5.74) is 1.01. The lowest BCUT2D eigenvalue weighted by Crippen LogP contribution is -2.32. The Morgan fingerprint density at radius 3 is 2.37 bits per heavy atom. The fourth-order valence-electron chi connectivity index (χ4n) is 3.52. The highest BCUT2D eigenvalue weighted by atomic mass is 16.5. The number of ether oxygens (including phenoxy) is 1. The number of carboxylic acid groups (broad SMARTS) is 1. The van der Waals surface area contributed by atoms with E-state index >= 15 is 0 Å². The van der Waals surface area contributed by atoms with Gasteiger partial charge in [-0.25, -0.2) is 0 Å². The van der Waals surface area contributed by atoms with Crippen molar-refractivity contribution in [2.75, 3.05) is 13.2 Å². The maximum absolute atomic E-state index is 12.8. The molecular formula is C23H22NO6-. The SMILES string of the molecule is CCOc1ccc([C@@H]2C(=C(O)c3ccccc3)C(=O)C(=O)N2CCCC(=O)[O-])cc1. The fraction of sp³-hybridized carbons (Fsp3) is 0.261. The first kappa shape index (κ1) is 21.1. The number of ketones is 1. The summed E-state index contributed by atoms with van der Waals surface area (Å²) in [7, 11) is 0. The molecule has 2 aromatic rings. The van der Waals surface area contributed by atoms with E-state index in [0.29, 0.717) is 23.5 Å². The summed E-state index contributed by atoms with van der Waals surface area (Å²) >= 11 is 0. The van der Waals surface area contributed by atoms with Gasteiger partial charge in [0.15, 0.2) is 0 Å². The Kier molecular flexibility index (Phi) is 6.51. The first-order valence-corrected chi connectivity index (χ1v) is 9.70. The van der Waals surface area contributed by atoms with E-state index in [0.717, 1.165) is 0 Å².